The van der Waals surface area contributed by atoms with Crippen LogP contribution in [0.5, 0.6) is 0 Å². The first-order chi connectivity index (χ1) is 8.20. The van der Waals surface area contributed by atoms with E-state index in [9.17, 15) is 4.79 Å². The summed E-state index contributed by atoms with van der Waals surface area (Å²) in [5, 5.41) is 0.775. The molecule has 0 aliphatic carbocycles. The zero-order valence-corrected chi connectivity index (χ0v) is 10.9. The van der Waals surface area contributed by atoms with E-state index in [4.69, 9.17) is 11.6 Å². The van der Waals surface area contributed by atoms with Gasteiger partial charge in [0.1, 0.15) is 5.78 Å². The lowest BCUT2D eigenvalue weighted by Crippen LogP contribution is -2.36. The quantitative estimate of drug-likeness (QED) is 0.820. The maximum absolute atomic E-state index is 11.3. The summed E-state index contributed by atoms with van der Waals surface area (Å²) in [6, 6.07) is 8.48. The molecule has 1 aliphatic rings. The Morgan fingerprint density at radius 1 is 1.24 bits per heavy atom. The number of halogens is 1. The number of nitrogens with zero attached hydrogens (tertiary/aromatic N) is 1. The number of rotatable bonds is 3. The Morgan fingerprint density at radius 2 is 1.82 bits per heavy atom. The van der Waals surface area contributed by atoms with Gasteiger partial charge in [0, 0.05) is 37.0 Å². The second-order valence-electron chi connectivity index (χ2n) is 4.55. The van der Waals surface area contributed by atoms with Crippen LogP contribution in [0.4, 0.5) is 0 Å². The zero-order valence-electron chi connectivity index (χ0n) is 10.2. The second-order valence-corrected chi connectivity index (χ2v) is 4.99. The Kier molecular flexibility index (Phi) is 4.19. The normalized spacial score (nSPS) is 19.3. The van der Waals surface area contributed by atoms with Crippen molar-refractivity contribution in [1.29, 1.82) is 0 Å². The molecule has 0 amide bonds. The van der Waals surface area contributed by atoms with Crippen molar-refractivity contribution in [3.05, 3.63) is 34.9 Å². The summed E-state index contributed by atoms with van der Waals surface area (Å²) in [4.78, 5) is 13.7. The number of hydrogen-bond donors (Lipinski definition) is 0. The SMILES string of the molecule is CCC(c1ccc(Cl)cc1)N1CCC(=O)CC1. The van der Waals surface area contributed by atoms with E-state index in [2.05, 4.69) is 24.0 Å². The van der Waals surface area contributed by atoms with E-state index < -0.39 is 0 Å². The molecule has 17 heavy (non-hydrogen) atoms. The summed E-state index contributed by atoms with van der Waals surface area (Å²) < 4.78 is 0. The third-order valence-corrected chi connectivity index (χ3v) is 3.69. The largest absolute Gasteiger partial charge is 0.300 e. The van der Waals surface area contributed by atoms with Gasteiger partial charge in [0.2, 0.25) is 0 Å². The van der Waals surface area contributed by atoms with Crippen LogP contribution < -0.4 is 0 Å². The summed E-state index contributed by atoms with van der Waals surface area (Å²) in [6.45, 7) is 3.97. The number of carbonyl (C=O) groups excluding carboxylic acids is 1. The number of likely N-dealkylation sites (tertiary alicyclic amines) is 1. The molecule has 0 aromatic heterocycles. The van der Waals surface area contributed by atoms with Crippen molar-refractivity contribution < 1.29 is 4.79 Å². The zero-order chi connectivity index (χ0) is 12.3. The Hall–Kier alpha value is -0.860. The molecule has 1 saturated heterocycles. The Bertz CT molecular complexity index is 378. The van der Waals surface area contributed by atoms with Crippen LogP contribution in [0.25, 0.3) is 0 Å². The summed E-state index contributed by atoms with van der Waals surface area (Å²) in [6.07, 6.45) is 2.46. The molecular weight excluding hydrogens is 234 g/mol. The monoisotopic (exact) mass is 251 g/mol. The van der Waals surface area contributed by atoms with Gasteiger partial charge in [-0.3, -0.25) is 9.69 Å². The van der Waals surface area contributed by atoms with E-state index in [1.54, 1.807) is 0 Å². The summed E-state index contributed by atoms with van der Waals surface area (Å²) in [5.41, 5.74) is 1.30. The molecule has 1 aromatic carbocycles. The lowest BCUT2D eigenvalue weighted by molar-refractivity contribution is -0.122. The number of piperidine rings is 1. The van der Waals surface area contributed by atoms with Crippen LogP contribution in [0.15, 0.2) is 24.3 Å². The van der Waals surface area contributed by atoms with Gasteiger partial charge in [0.05, 0.1) is 0 Å². The highest BCUT2D eigenvalue weighted by atomic mass is 35.5. The van der Waals surface area contributed by atoms with Gasteiger partial charge in [0.15, 0.2) is 0 Å². The van der Waals surface area contributed by atoms with Crippen molar-refractivity contribution >= 4 is 17.4 Å². The Morgan fingerprint density at radius 3 is 2.35 bits per heavy atom. The average Bonchev–Trinajstić information content (AvgIpc) is 2.35. The predicted molar refractivity (Wildman–Crippen MR) is 70.3 cm³/mol. The molecule has 1 unspecified atom stereocenters. The van der Waals surface area contributed by atoms with E-state index in [1.165, 1.54) is 5.56 Å². The van der Waals surface area contributed by atoms with Gasteiger partial charge in [-0.15, -0.1) is 0 Å². The smallest absolute Gasteiger partial charge is 0.135 e. The fraction of sp³-hybridized carbons (Fsp3) is 0.500. The molecule has 0 spiro atoms. The molecule has 1 aromatic rings. The number of Topliss-reactive ketones (excluding diaryl/α,β-unsaturated/α-hetero) is 1. The standard InChI is InChI=1S/C14H18ClNO/c1-2-14(11-3-5-12(15)6-4-11)16-9-7-13(17)8-10-16/h3-6,14H,2,7-10H2,1H3. The van der Waals surface area contributed by atoms with Crippen LogP contribution in [-0.4, -0.2) is 23.8 Å². The van der Waals surface area contributed by atoms with Crippen molar-refractivity contribution in [2.75, 3.05) is 13.1 Å². The molecule has 0 saturated carbocycles. The minimum atomic E-state index is 0.396. The number of ketones is 1. The first-order valence-corrected chi connectivity index (χ1v) is 6.59. The molecule has 2 nitrogen and oxygen atoms in total. The first-order valence-electron chi connectivity index (χ1n) is 6.22. The highest BCUT2D eigenvalue weighted by Crippen LogP contribution is 2.27. The van der Waals surface area contributed by atoms with E-state index in [1.807, 2.05) is 12.1 Å². The van der Waals surface area contributed by atoms with Crippen molar-refractivity contribution in [2.45, 2.75) is 32.2 Å². The van der Waals surface area contributed by atoms with E-state index >= 15 is 0 Å². The lowest BCUT2D eigenvalue weighted by Gasteiger charge is -2.33. The van der Waals surface area contributed by atoms with Gasteiger partial charge < -0.3 is 0 Å². The van der Waals surface area contributed by atoms with Gasteiger partial charge in [-0.1, -0.05) is 30.7 Å². The van der Waals surface area contributed by atoms with E-state index in [-0.39, 0.29) is 0 Å². The summed E-state index contributed by atoms with van der Waals surface area (Å²) in [7, 11) is 0. The molecular formula is C14H18ClNO. The maximum Gasteiger partial charge on any atom is 0.135 e. The van der Waals surface area contributed by atoms with Crippen LogP contribution in [0.1, 0.15) is 37.8 Å². The molecule has 2 rings (SSSR count). The molecule has 0 radical (unpaired) electrons. The first kappa shape index (κ1) is 12.6. The fourth-order valence-corrected chi connectivity index (χ4v) is 2.60. The molecule has 1 heterocycles. The van der Waals surface area contributed by atoms with Crippen molar-refractivity contribution in [2.24, 2.45) is 0 Å². The number of benzene rings is 1. The maximum atomic E-state index is 11.3. The third kappa shape index (κ3) is 3.08. The highest BCUT2D eigenvalue weighted by Gasteiger charge is 2.23. The van der Waals surface area contributed by atoms with Gasteiger partial charge >= 0.3 is 0 Å². The van der Waals surface area contributed by atoms with E-state index in [0.29, 0.717) is 24.7 Å². The van der Waals surface area contributed by atoms with Gasteiger partial charge in [-0.25, -0.2) is 0 Å². The molecule has 1 fully saturated rings. The highest BCUT2D eigenvalue weighted by molar-refractivity contribution is 6.30. The van der Waals surface area contributed by atoms with Crippen LogP contribution in [0, 0.1) is 0 Å². The van der Waals surface area contributed by atoms with Crippen molar-refractivity contribution in [1.82, 2.24) is 4.90 Å². The Labute approximate surface area is 108 Å². The predicted octanol–water partition coefficient (Wildman–Crippen LogP) is 3.46. The minimum Gasteiger partial charge on any atom is -0.300 e. The molecule has 3 heteroatoms. The van der Waals surface area contributed by atoms with Crippen molar-refractivity contribution in [3.63, 3.8) is 0 Å². The average molecular weight is 252 g/mol. The van der Waals surface area contributed by atoms with Crippen molar-refractivity contribution in [3.8, 4) is 0 Å². The van der Waals surface area contributed by atoms with Gasteiger partial charge in [0.25, 0.3) is 0 Å². The third-order valence-electron chi connectivity index (χ3n) is 3.44. The van der Waals surface area contributed by atoms with Crippen LogP contribution in [0.2, 0.25) is 5.02 Å². The Balaban J connectivity index is 2.10. The fourth-order valence-electron chi connectivity index (χ4n) is 2.47. The van der Waals surface area contributed by atoms with Crippen LogP contribution >= 0.6 is 11.6 Å². The summed E-state index contributed by atoms with van der Waals surface area (Å²) in [5.74, 6) is 0.396. The van der Waals surface area contributed by atoms with Gasteiger partial charge in [-0.05, 0) is 24.1 Å². The molecule has 1 aliphatic heterocycles. The number of carbonyl (C=O) groups is 1. The second kappa shape index (κ2) is 5.65. The molecule has 0 N–H and O–H groups in total. The minimum absolute atomic E-state index is 0.396. The number of hydrogen-bond acceptors (Lipinski definition) is 2. The van der Waals surface area contributed by atoms with Crippen LogP contribution in [-0.2, 0) is 4.79 Å². The summed E-state index contributed by atoms with van der Waals surface area (Å²) >= 11 is 5.91. The topological polar surface area (TPSA) is 20.3 Å². The van der Waals surface area contributed by atoms with E-state index in [0.717, 1.165) is 24.5 Å². The van der Waals surface area contributed by atoms with Crippen LogP contribution in [0.3, 0.4) is 0 Å². The van der Waals surface area contributed by atoms with Gasteiger partial charge in [-0.2, -0.15) is 0 Å². The lowest BCUT2D eigenvalue weighted by atomic mass is 9.99. The molecule has 0 bridgehead atoms. The molecule has 92 valence electrons. The molecule has 1 atom stereocenters.